The highest BCUT2D eigenvalue weighted by atomic mass is 35.5. The van der Waals surface area contributed by atoms with E-state index in [2.05, 4.69) is 16.3 Å². The van der Waals surface area contributed by atoms with Crippen molar-refractivity contribution < 1.29 is 4.79 Å². The highest BCUT2D eigenvalue weighted by Crippen LogP contribution is 2.23. The van der Waals surface area contributed by atoms with E-state index in [0.717, 1.165) is 11.1 Å². The minimum absolute atomic E-state index is 0.178. The fourth-order valence-corrected chi connectivity index (χ4v) is 3.02. The lowest BCUT2D eigenvalue weighted by molar-refractivity contribution is -0.119. The first-order chi connectivity index (χ1) is 12.6. The first-order valence-electron chi connectivity index (χ1n) is 8.21. The fraction of sp³-hybridized carbons (Fsp3) is 0.200. The molecule has 3 rings (SSSR count). The Morgan fingerprint density at radius 2 is 1.96 bits per heavy atom. The molecule has 0 aliphatic heterocycles. The highest BCUT2D eigenvalue weighted by molar-refractivity contribution is 6.30. The third kappa shape index (κ3) is 3.81. The van der Waals surface area contributed by atoms with Crippen molar-refractivity contribution in [1.29, 1.82) is 5.26 Å². The van der Waals surface area contributed by atoms with Crippen LogP contribution < -0.4 is 0 Å². The van der Waals surface area contributed by atoms with Crippen LogP contribution in [0.2, 0.25) is 5.02 Å². The number of nitrogens with zero attached hydrogens (tertiary/aromatic N) is 4. The van der Waals surface area contributed by atoms with Crippen LogP contribution in [0.25, 0.3) is 11.4 Å². The van der Waals surface area contributed by atoms with Crippen molar-refractivity contribution in [3.8, 4) is 17.5 Å². The summed E-state index contributed by atoms with van der Waals surface area (Å²) < 4.78 is 1.71. The molecule has 5 nitrogen and oxygen atoms in total. The summed E-state index contributed by atoms with van der Waals surface area (Å²) in [5.74, 6) is -0.127. The van der Waals surface area contributed by atoms with E-state index in [1.54, 1.807) is 17.7 Å². The van der Waals surface area contributed by atoms with Crippen molar-refractivity contribution in [1.82, 2.24) is 14.8 Å². The van der Waals surface area contributed by atoms with E-state index in [0.29, 0.717) is 23.1 Å². The lowest BCUT2D eigenvalue weighted by Crippen LogP contribution is -2.16. The van der Waals surface area contributed by atoms with Crippen LogP contribution in [0, 0.1) is 11.3 Å². The molecule has 3 aromatic rings. The summed E-state index contributed by atoms with van der Waals surface area (Å²) in [7, 11) is 1.77. The van der Waals surface area contributed by atoms with Gasteiger partial charge in [0.25, 0.3) is 0 Å². The SMILES string of the molecule is Cn1c(-c2ccccc2)nnc1C(C#N)C(=O)CCc1cccc(Cl)c1. The summed E-state index contributed by atoms with van der Waals surface area (Å²) in [6.07, 6.45) is 0.771. The van der Waals surface area contributed by atoms with Crippen molar-refractivity contribution >= 4 is 17.4 Å². The molecule has 0 radical (unpaired) electrons. The van der Waals surface area contributed by atoms with E-state index in [4.69, 9.17) is 11.6 Å². The molecule has 0 saturated carbocycles. The van der Waals surface area contributed by atoms with Gasteiger partial charge in [0.15, 0.2) is 23.3 Å². The van der Waals surface area contributed by atoms with Gasteiger partial charge in [-0.15, -0.1) is 10.2 Å². The van der Waals surface area contributed by atoms with Gasteiger partial charge in [0.05, 0.1) is 6.07 Å². The van der Waals surface area contributed by atoms with Crippen molar-refractivity contribution in [2.45, 2.75) is 18.8 Å². The molecule has 130 valence electrons. The minimum atomic E-state index is -0.941. The molecule has 2 aromatic carbocycles. The van der Waals surface area contributed by atoms with E-state index in [1.807, 2.05) is 48.5 Å². The monoisotopic (exact) mass is 364 g/mol. The lowest BCUT2D eigenvalue weighted by Gasteiger charge is -2.09. The Morgan fingerprint density at radius 1 is 1.19 bits per heavy atom. The van der Waals surface area contributed by atoms with Crippen molar-refractivity contribution in [3.05, 3.63) is 71.0 Å². The average Bonchev–Trinajstić information content (AvgIpc) is 3.03. The lowest BCUT2D eigenvalue weighted by atomic mass is 9.98. The van der Waals surface area contributed by atoms with Crippen LogP contribution in [0.1, 0.15) is 23.7 Å². The number of benzene rings is 2. The van der Waals surface area contributed by atoms with Gasteiger partial charge in [-0.1, -0.05) is 54.1 Å². The summed E-state index contributed by atoms with van der Waals surface area (Å²) in [6.45, 7) is 0. The number of halogens is 1. The Balaban J connectivity index is 1.78. The van der Waals surface area contributed by atoms with Gasteiger partial charge in [-0.25, -0.2) is 0 Å². The maximum Gasteiger partial charge on any atom is 0.164 e. The maximum atomic E-state index is 12.6. The first-order valence-corrected chi connectivity index (χ1v) is 8.59. The van der Waals surface area contributed by atoms with Gasteiger partial charge in [0.2, 0.25) is 0 Å². The highest BCUT2D eigenvalue weighted by Gasteiger charge is 2.26. The van der Waals surface area contributed by atoms with Gasteiger partial charge in [0.1, 0.15) is 0 Å². The molecule has 0 amide bonds. The van der Waals surface area contributed by atoms with Crippen LogP contribution in [-0.4, -0.2) is 20.5 Å². The number of aromatic nitrogens is 3. The van der Waals surface area contributed by atoms with E-state index < -0.39 is 5.92 Å². The maximum absolute atomic E-state index is 12.6. The zero-order chi connectivity index (χ0) is 18.5. The number of nitriles is 1. The van der Waals surface area contributed by atoms with Gasteiger partial charge >= 0.3 is 0 Å². The number of rotatable bonds is 6. The summed E-state index contributed by atoms with van der Waals surface area (Å²) in [5.41, 5.74) is 1.85. The molecule has 0 aliphatic rings. The fourth-order valence-electron chi connectivity index (χ4n) is 2.81. The predicted molar refractivity (Wildman–Crippen MR) is 99.6 cm³/mol. The number of hydrogen-bond donors (Lipinski definition) is 0. The Bertz CT molecular complexity index is 959. The number of ketones is 1. The smallest absolute Gasteiger partial charge is 0.164 e. The second-order valence-corrected chi connectivity index (χ2v) is 6.40. The van der Waals surface area contributed by atoms with Gasteiger partial charge in [-0.05, 0) is 24.1 Å². The van der Waals surface area contributed by atoms with Crippen LogP contribution in [0.3, 0.4) is 0 Å². The molecule has 6 heteroatoms. The number of carbonyl (C=O) groups excluding carboxylic acids is 1. The molecule has 1 aromatic heterocycles. The molecule has 1 unspecified atom stereocenters. The van der Waals surface area contributed by atoms with Crippen molar-refractivity contribution in [2.24, 2.45) is 7.05 Å². The molecule has 0 N–H and O–H groups in total. The normalized spacial score (nSPS) is 11.7. The number of hydrogen-bond acceptors (Lipinski definition) is 4. The molecule has 26 heavy (non-hydrogen) atoms. The molecule has 0 spiro atoms. The zero-order valence-corrected chi connectivity index (χ0v) is 15.0. The van der Waals surface area contributed by atoms with E-state index >= 15 is 0 Å². The average molecular weight is 365 g/mol. The zero-order valence-electron chi connectivity index (χ0n) is 14.3. The minimum Gasteiger partial charge on any atom is -0.313 e. The van der Waals surface area contributed by atoms with E-state index in [-0.39, 0.29) is 12.2 Å². The van der Waals surface area contributed by atoms with Crippen LogP contribution >= 0.6 is 11.6 Å². The molecule has 0 aliphatic carbocycles. The molecule has 0 bridgehead atoms. The topological polar surface area (TPSA) is 71.6 Å². The molecule has 0 fully saturated rings. The Kier molecular flexibility index (Phi) is 5.45. The van der Waals surface area contributed by atoms with Gasteiger partial charge in [-0.3, -0.25) is 4.79 Å². The largest absolute Gasteiger partial charge is 0.313 e. The Morgan fingerprint density at radius 3 is 2.65 bits per heavy atom. The van der Waals surface area contributed by atoms with E-state index in [1.165, 1.54) is 0 Å². The molecule has 0 saturated heterocycles. The second kappa shape index (κ2) is 7.94. The van der Waals surface area contributed by atoms with Crippen molar-refractivity contribution in [3.63, 3.8) is 0 Å². The first kappa shape index (κ1) is 17.8. The summed E-state index contributed by atoms with van der Waals surface area (Å²) in [6, 6.07) is 19.0. The number of carbonyl (C=O) groups is 1. The van der Waals surface area contributed by atoms with Gasteiger partial charge in [0, 0.05) is 24.1 Å². The summed E-state index contributed by atoms with van der Waals surface area (Å²) >= 11 is 5.97. The molecular formula is C20H17ClN4O. The van der Waals surface area contributed by atoms with Gasteiger partial charge < -0.3 is 4.57 Å². The molecule has 1 atom stereocenters. The van der Waals surface area contributed by atoms with Crippen molar-refractivity contribution in [2.75, 3.05) is 0 Å². The Labute approximate surface area is 156 Å². The summed E-state index contributed by atoms with van der Waals surface area (Å²) in [4.78, 5) is 12.6. The predicted octanol–water partition coefficient (Wildman–Crippen LogP) is 3.94. The Hall–Kier alpha value is -2.97. The van der Waals surface area contributed by atoms with E-state index in [9.17, 15) is 10.1 Å². The van der Waals surface area contributed by atoms with Crippen LogP contribution in [0.5, 0.6) is 0 Å². The number of Topliss-reactive ketones (excluding diaryl/α,β-unsaturated/α-hetero) is 1. The second-order valence-electron chi connectivity index (χ2n) is 5.97. The molecular weight excluding hydrogens is 348 g/mol. The van der Waals surface area contributed by atoms with Gasteiger partial charge in [-0.2, -0.15) is 5.26 Å². The summed E-state index contributed by atoms with van der Waals surface area (Å²) in [5, 5.41) is 18.4. The standard InChI is InChI=1S/C20H17ClN4O/c1-25-19(15-7-3-2-4-8-15)23-24-20(25)17(13-22)18(26)11-10-14-6-5-9-16(21)12-14/h2-9,12,17H,10-11H2,1H3. The van der Waals surface area contributed by atoms with Crippen LogP contribution in [0.4, 0.5) is 0 Å². The number of aryl methyl sites for hydroxylation is 1. The quantitative estimate of drug-likeness (QED) is 0.664. The van der Waals surface area contributed by atoms with Crippen LogP contribution in [0.15, 0.2) is 54.6 Å². The van der Waals surface area contributed by atoms with Crippen LogP contribution in [-0.2, 0) is 18.3 Å². The molecule has 1 heterocycles. The third-order valence-electron chi connectivity index (χ3n) is 4.20. The third-order valence-corrected chi connectivity index (χ3v) is 4.43.